The quantitative estimate of drug-likeness (QED) is 0.872. The number of benzene rings is 1. The first-order valence-electron chi connectivity index (χ1n) is 5.70. The third-order valence-electron chi connectivity index (χ3n) is 2.59. The third-order valence-corrected chi connectivity index (χ3v) is 2.86. The maximum absolute atomic E-state index is 5.95. The van der Waals surface area contributed by atoms with Gasteiger partial charge in [-0.1, -0.05) is 17.7 Å². The summed E-state index contributed by atoms with van der Waals surface area (Å²) in [6.45, 7) is 0. The van der Waals surface area contributed by atoms with Crippen LogP contribution in [0, 0.1) is 0 Å². The molecule has 19 heavy (non-hydrogen) atoms. The molecule has 0 unspecified atom stereocenters. The molecule has 0 atom stereocenters. The number of rotatable bonds is 4. The standard InChI is InChI=1S/C13H15ClN4O/c1-18(2)10-6-4-5-9(7-10)17-13-11(19-3)12(14)15-8-16-13/h4-8H,1-3H3,(H,15,16,17). The van der Waals surface area contributed by atoms with E-state index < -0.39 is 0 Å². The summed E-state index contributed by atoms with van der Waals surface area (Å²) in [5.41, 5.74) is 1.99. The molecular weight excluding hydrogens is 264 g/mol. The number of hydrogen-bond acceptors (Lipinski definition) is 5. The van der Waals surface area contributed by atoms with Crippen molar-refractivity contribution < 1.29 is 4.74 Å². The molecule has 0 aliphatic rings. The highest BCUT2D eigenvalue weighted by Gasteiger charge is 2.10. The Bertz CT molecular complexity index is 574. The van der Waals surface area contributed by atoms with E-state index in [2.05, 4.69) is 15.3 Å². The average molecular weight is 279 g/mol. The molecule has 100 valence electrons. The number of nitrogens with one attached hydrogen (secondary N) is 1. The smallest absolute Gasteiger partial charge is 0.199 e. The van der Waals surface area contributed by atoms with Crippen LogP contribution in [0.5, 0.6) is 5.75 Å². The molecule has 0 spiro atoms. The minimum atomic E-state index is 0.281. The molecule has 0 saturated heterocycles. The SMILES string of the molecule is COc1c(Cl)ncnc1Nc1cccc(N(C)C)c1. The van der Waals surface area contributed by atoms with Gasteiger partial charge in [-0.25, -0.2) is 9.97 Å². The fraction of sp³-hybridized carbons (Fsp3) is 0.231. The van der Waals surface area contributed by atoms with Gasteiger partial charge >= 0.3 is 0 Å². The van der Waals surface area contributed by atoms with Crippen LogP contribution in [0.15, 0.2) is 30.6 Å². The third kappa shape index (κ3) is 3.06. The summed E-state index contributed by atoms with van der Waals surface area (Å²) >= 11 is 5.95. The molecule has 0 amide bonds. The van der Waals surface area contributed by atoms with Crippen molar-refractivity contribution in [3.63, 3.8) is 0 Å². The Labute approximate surface area is 117 Å². The lowest BCUT2D eigenvalue weighted by Crippen LogP contribution is -2.08. The zero-order chi connectivity index (χ0) is 13.8. The van der Waals surface area contributed by atoms with Crippen LogP contribution in [0.3, 0.4) is 0 Å². The molecule has 0 aliphatic carbocycles. The molecule has 1 aromatic carbocycles. The lowest BCUT2D eigenvalue weighted by atomic mass is 10.2. The lowest BCUT2D eigenvalue weighted by Gasteiger charge is -2.15. The second-order valence-electron chi connectivity index (χ2n) is 4.12. The average Bonchev–Trinajstić information content (AvgIpc) is 2.39. The van der Waals surface area contributed by atoms with Crippen molar-refractivity contribution in [1.29, 1.82) is 0 Å². The largest absolute Gasteiger partial charge is 0.490 e. The number of ether oxygens (including phenoxy) is 1. The molecule has 2 aromatic rings. The van der Waals surface area contributed by atoms with Gasteiger partial charge in [-0.3, -0.25) is 0 Å². The molecular formula is C13H15ClN4O. The van der Waals surface area contributed by atoms with Gasteiger partial charge in [0.1, 0.15) is 6.33 Å². The predicted molar refractivity (Wildman–Crippen MR) is 77.6 cm³/mol. The van der Waals surface area contributed by atoms with Gasteiger partial charge in [0.05, 0.1) is 7.11 Å². The zero-order valence-corrected chi connectivity index (χ0v) is 11.8. The van der Waals surface area contributed by atoms with Gasteiger partial charge in [0, 0.05) is 25.5 Å². The van der Waals surface area contributed by atoms with Crippen molar-refractivity contribution in [1.82, 2.24) is 9.97 Å². The highest BCUT2D eigenvalue weighted by atomic mass is 35.5. The molecule has 2 rings (SSSR count). The molecule has 0 radical (unpaired) electrons. The summed E-state index contributed by atoms with van der Waals surface area (Å²) in [7, 11) is 5.51. The van der Waals surface area contributed by atoms with E-state index in [1.165, 1.54) is 13.4 Å². The molecule has 0 fully saturated rings. The van der Waals surface area contributed by atoms with Crippen LogP contribution in [-0.2, 0) is 0 Å². The van der Waals surface area contributed by atoms with E-state index in [1.807, 2.05) is 43.3 Å². The van der Waals surface area contributed by atoms with Crippen molar-refractivity contribution in [2.45, 2.75) is 0 Å². The van der Waals surface area contributed by atoms with E-state index >= 15 is 0 Å². The normalized spacial score (nSPS) is 10.1. The van der Waals surface area contributed by atoms with Gasteiger partial charge in [-0.2, -0.15) is 0 Å². The Balaban J connectivity index is 2.31. The Hall–Kier alpha value is -2.01. The van der Waals surface area contributed by atoms with Crippen molar-refractivity contribution >= 4 is 28.8 Å². The maximum atomic E-state index is 5.95. The summed E-state index contributed by atoms with van der Waals surface area (Å²) in [6.07, 6.45) is 1.39. The van der Waals surface area contributed by atoms with Crippen LogP contribution in [0.4, 0.5) is 17.2 Å². The molecule has 1 N–H and O–H groups in total. The van der Waals surface area contributed by atoms with Gasteiger partial charge in [-0.15, -0.1) is 0 Å². The highest BCUT2D eigenvalue weighted by molar-refractivity contribution is 6.31. The van der Waals surface area contributed by atoms with Crippen molar-refractivity contribution in [2.75, 3.05) is 31.4 Å². The monoisotopic (exact) mass is 278 g/mol. The Morgan fingerprint density at radius 3 is 2.74 bits per heavy atom. The minimum absolute atomic E-state index is 0.281. The van der Waals surface area contributed by atoms with Crippen molar-refractivity contribution in [3.05, 3.63) is 35.7 Å². The summed E-state index contributed by atoms with van der Waals surface area (Å²) in [6, 6.07) is 7.94. The van der Waals surface area contributed by atoms with Crippen LogP contribution in [-0.4, -0.2) is 31.2 Å². The summed E-state index contributed by atoms with van der Waals surface area (Å²) in [5, 5.41) is 3.45. The van der Waals surface area contributed by atoms with E-state index in [4.69, 9.17) is 16.3 Å². The van der Waals surface area contributed by atoms with Crippen LogP contribution in [0.2, 0.25) is 5.15 Å². The first kappa shape index (κ1) is 13.4. The summed E-state index contributed by atoms with van der Waals surface area (Å²) in [5.74, 6) is 0.970. The predicted octanol–water partition coefficient (Wildman–Crippen LogP) is 2.95. The van der Waals surface area contributed by atoms with Crippen LogP contribution >= 0.6 is 11.6 Å². The number of halogens is 1. The zero-order valence-electron chi connectivity index (χ0n) is 11.0. The number of aromatic nitrogens is 2. The first-order valence-corrected chi connectivity index (χ1v) is 6.08. The van der Waals surface area contributed by atoms with Crippen LogP contribution in [0.1, 0.15) is 0 Å². The fourth-order valence-corrected chi connectivity index (χ4v) is 1.83. The number of hydrogen-bond donors (Lipinski definition) is 1. The molecule has 1 aromatic heterocycles. The Morgan fingerprint density at radius 2 is 2.05 bits per heavy atom. The van der Waals surface area contributed by atoms with E-state index in [0.29, 0.717) is 11.6 Å². The van der Waals surface area contributed by atoms with Gasteiger partial charge in [-0.05, 0) is 18.2 Å². The number of methoxy groups -OCH3 is 1. The summed E-state index contributed by atoms with van der Waals surface area (Å²) < 4.78 is 5.20. The molecule has 0 aliphatic heterocycles. The van der Waals surface area contributed by atoms with E-state index in [-0.39, 0.29) is 5.15 Å². The van der Waals surface area contributed by atoms with Crippen LogP contribution in [0.25, 0.3) is 0 Å². The molecule has 6 heteroatoms. The topological polar surface area (TPSA) is 50.3 Å². The van der Waals surface area contributed by atoms with Gasteiger partial charge < -0.3 is 15.0 Å². The second-order valence-corrected chi connectivity index (χ2v) is 4.47. The molecule has 0 bridgehead atoms. The molecule has 1 heterocycles. The highest BCUT2D eigenvalue weighted by Crippen LogP contribution is 2.31. The van der Waals surface area contributed by atoms with E-state index in [0.717, 1.165) is 11.4 Å². The van der Waals surface area contributed by atoms with Crippen molar-refractivity contribution in [2.24, 2.45) is 0 Å². The van der Waals surface area contributed by atoms with Gasteiger partial charge in [0.2, 0.25) is 0 Å². The molecule has 0 saturated carbocycles. The lowest BCUT2D eigenvalue weighted by molar-refractivity contribution is 0.413. The minimum Gasteiger partial charge on any atom is -0.490 e. The van der Waals surface area contributed by atoms with Crippen molar-refractivity contribution in [3.8, 4) is 5.75 Å². The first-order chi connectivity index (χ1) is 9.11. The van der Waals surface area contributed by atoms with Gasteiger partial charge in [0.15, 0.2) is 16.7 Å². The fourth-order valence-electron chi connectivity index (χ4n) is 1.62. The second kappa shape index (κ2) is 5.75. The molecule has 5 nitrogen and oxygen atoms in total. The van der Waals surface area contributed by atoms with Gasteiger partial charge in [0.25, 0.3) is 0 Å². The van der Waals surface area contributed by atoms with E-state index in [9.17, 15) is 0 Å². The Morgan fingerprint density at radius 1 is 1.26 bits per heavy atom. The maximum Gasteiger partial charge on any atom is 0.199 e. The Kier molecular flexibility index (Phi) is 4.06. The number of nitrogens with zero attached hydrogens (tertiary/aromatic N) is 3. The summed E-state index contributed by atoms with van der Waals surface area (Å²) in [4.78, 5) is 10.0. The van der Waals surface area contributed by atoms with E-state index in [1.54, 1.807) is 0 Å². The number of anilines is 3. The van der Waals surface area contributed by atoms with Crippen LogP contribution < -0.4 is 15.0 Å².